The second-order valence-corrected chi connectivity index (χ2v) is 7.00. The summed E-state index contributed by atoms with van der Waals surface area (Å²) < 4.78 is 31.6. The van der Waals surface area contributed by atoms with E-state index in [0.717, 1.165) is 0 Å². The van der Waals surface area contributed by atoms with E-state index in [1.807, 2.05) is 27.3 Å². The zero-order valence-electron chi connectivity index (χ0n) is 12.1. The number of urea groups is 1. The Morgan fingerprint density at radius 3 is 2.57 bits per heavy atom. The first kappa shape index (κ1) is 17.3. The molecule has 0 fully saturated rings. The molecule has 2 amide bonds. The third kappa shape index (κ3) is 4.48. The highest BCUT2D eigenvalue weighted by molar-refractivity contribution is 14.1. The van der Waals surface area contributed by atoms with Gasteiger partial charge >= 0.3 is 12.0 Å². The van der Waals surface area contributed by atoms with Crippen molar-refractivity contribution in [3.63, 3.8) is 0 Å². The maximum atomic E-state index is 12.2. The Hall–Kier alpha value is -2.02. The predicted octanol–water partition coefficient (Wildman–Crippen LogP) is 1.30. The molecule has 0 aliphatic rings. The van der Waals surface area contributed by atoms with Gasteiger partial charge in [0.1, 0.15) is 10.7 Å². The Bertz CT molecular complexity index is 843. The number of sulfonamides is 1. The fourth-order valence-electron chi connectivity index (χ4n) is 1.57. The summed E-state index contributed by atoms with van der Waals surface area (Å²) in [6.45, 7) is 1.58. The number of methoxy groups -OCH3 is 1. The van der Waals surface area contributed by atoms with Gasteiger partial charge in [0.15, 0.2) is 0 Å². The SMILES string of the molecule is COc1nc(C)nc(NC(=O)NS(=O)(=O)c2ccccc2I)n1. The molecule has 2 aromatic rings. The number of aryl methyl sites for hydroxylation is 1. The Balaban J connectivity index is 2.16. The minimum Gasteiger partial charge on any atom is -0.467 e. The molecule has 0 aliphatic carbocycles. The number of carbonyl (C=O) groups excluding carboxylic acids is 1. The van der Waals surface area contributed by atoms with Crippen molar-refractivity contribution in [1.82, 2.24) is 19.7 Å². The quantitative estimate of drug-likeness (QED) is 0.675. The van der Waals surface area contributed by atoms with Crippen molar-refractivity contribution in [2.45, 2.75) is 11.8 Å². The fourth-order valence-corrected chi connectivity index (χ4v) is 3.82. The van der Waals surface area contributed by atoms with Gasteiger partial charge in [0, 0.05) is 3.57 Å². The number of carbonyl (C=O) groups is 1. The molecule has 0 radical (unpaired) electrons. The van der Waals surface area contributed by atoms with E-state index in [1.165, 1.54) is 13.2 Å². The van der Waals surface area contributed by atoms with Crippen LogP contribution in [0.1, 0.15) is 5.82 Å². The third-order valence-corrected chi connectivity index (χ3v) is 5.18. The molecule has 1 heterocycles. The molecule has 1 aromatic heterocycles. The number of rotatable bonds is 4. The van der Waals surface area contributed by atoms with Gasteiger partial charge in [-0.3, -0.25) is 5.32 Å². The average Bonchev–Trinajstić information content (AvgIpc) is 2.46. The molecule has 9 nitrogen and oxygen atoms in total. The number of nitrogens with one attached hydrogen (secondary N) is 2. The summed E-state index contributed by atoms with van der Waals surface area (Å²) in [6, 6.07) is 5.29. The molecule has 0 bridgehead atoms. The number of benzene rings is 1. The third-order valence-electron chi connectivity index (χ3n) is 2.49. The lowest BCUT2D eigenvalue weighted by Crippen LogP contribution is -2.35. The Labute approximate surface area is 146 Å². The van der Waals surface area contributed by atoms with Gasteiger partial charge in [0.05, 0.1) is 7.11 Å². The van der Waals surface area contributed by atoms with Gasteiger partial charge in [-0.25, -0.2) is 17.9 Å². The lowest BCUT2D eigenvalue weighted by Gasteiger charge is -2.09. The van der Waals surface area contributed by atoms with Crippen LogP contribution in [0.15, 0.2) is 29.2 Å². The maximum Gasteiger partial charge on any atom is 0.335 e. The molecule has 0 saturated carbocycles. The van der Waals surface area contributed by atoms with Gasteiger partial charge in [-0.15, -0.1) is 0 Å². The molecule has 1 aromatic carbocycles. The van der Waals surface area contributed by atoms with E-state index in [-0.39, 0.29) is 16.9 Å². The zero-order chi connectivity index (χ0) is 17.0. The van der Waals surface area contributed by atoms with E-state index in [1.54, 1.807) is 25.1 Å². The van der Waals surface area contributed by atoms with Gasteiger partial charge in [-0.1, -0.05) is 12.1 Å². The molecule has 0 atom stereocenters. The van der Waals surface area contributed by atoms with Crippen LogP contribution in [0, 0.1) is 10.5 Å². The molecule has 2 rings (SSSR count). The van der Waals surface area contributed by atoms with E-state index in [9.17, 15) is 13.2 Å². The predicted molar refractivity (Wildman–Crippen MR) is 89.6 cm³/mol. The summed E-state index contributed by atoms with van der Waals surface area (Å²) in [5.41, 5.74) is 0. The number of halogens is 1. The largest absolute Gasteiger partial charge is 0.467 e. The van der Waals surface area contributed by atoms with Crippen LogP contribution in [-0.2, 0) is 10.0 Å². The van der Waals surface area contributed by atoms with Gasteiger partial charge in [-0.2, -0.15) is 15.0 Å². The summed E-state index contributed by atoms with van der Waals surface area (Å²) in [5, 5.41) is 2.23. The smallest absolute Gasteiger partial charge is 0.335 e. The number of hydrogen-bond acceptors (Lipinski definition) is 7. The van der Waals surface area contributed by atoms with Crippen molar-refractivity contribution in [2.75, 3.05) is 12.4 Å². The second-order valence-electron chi connectivity index (χ2n) is 4.18. The summed E-state index contributed by atoms with van der Waals surface area (Å²) in [5.74, 6) is 0.192. The van der Waals surface area contributed by atoms with Crippen molar-refractivity contribution >= 4 is 44.6 Å². The van der Waals surface area contributed by atoms with Gasteiger partial charge in [0.25, 0.3) is 10.0 Å². The van der Waals surface area contributed by atoms with Gasteiger partial charge < -0.3 is 4.74 Å². The number of anilines is 1. The topological polar surface area (TPSA) is 123 Å². The fraction of sp³-hybridized carbons (Fsp3) is 0.167. The molecular weight excluding hydrogens is 437 g/mol. The standard InChI is InChI=1S/C12H12IN5O4S/c1-7-14-10(17-12(15-7)22-2)16-11(19)18-23(20,21)9-6-4-3-5-8(9)13/h3-6H,1-2H3,(H2,14,15,16,17,18,19). The highest BCUT2D eigenvalue weighted by Gasteiger charge is 2.20. The number of amides is 2. The van der Waals surface area contributed by atoms with Crippen LogP contribution in [0.2, 0.25) is 0 Å². The lowest BCUT2D eigenvalue weighted by molar-refractivity contribution is 0.256. The monoisotopic (exact) mass is 449 g/mol. The van der Waals surface area contributed by atoms with E-state index < -0.39 is 16.1 Å². The highest BCUT2D eigenvalue weighted by Crippen LogP contribution is 2.17. The van der Waals surface area contributed by atoms with E-state index in [2.05, 4.69) is 20.3 Å². The molecule has 0 aliphatic heterocycles. The summed E-state index contributed by atoms with van der Waals surface area (Å²) in [4.78, 5) is 23.4. The van der Waals surface area contributed by atoms with Crippen LogP contribution in [0.5, 0.6) is 6.01 Å². The number of nitrogens with zero attached hydrogens (tertiary/aromatic N) is 3. The number of aromatic nitrogens is 3. The number of ether oxygens (including phenoxy) is 1. The minimum absolute atomic E-state index is 0.000146. The van der Waals surface area contributed by atoms with Crippen molar-refractivity contribution in [3.8, 4) is 6.01 Å². The van der Waals surface area contributed by atoms with E-state index in [0.29, 0.717) is 9.39 Å². The first-order valence-corrected chi connectivity index (χ1v) is 8.73. The van der Waals surface area contributed by atoms with E-state index in [4.69, 9.17) is 4.74 Å². The first-order chi connectivity index (χ1) is 10.8. The highest BCUT2D eigenvalue weighted by atomic mass is 127. The Morgan fingerprint density at radius 2 is 1.91 bits per heavy atom. The molecular formula is C12H12IN5O4S. The lowest BCUT2D eigenvalue weighted by atomic mass is 10.4. The minimum atomic E-state index is -4.01. The molecule has 0 spiro atoms. The van der Waals surface area contributed by atoms with Gasteiger partial charge in [-0.05, 0) is 41.6 Å². The van der Waals surface area contributed by atoms with Crippen LogP contribution in [0.4, 0.5) is 10.7 Å². The van der Waals surface area contributed by atoms with Crippen LogP contribution < -0.4 is 14.8 Å². The normalized spacial score (nSPS) is 10.9. The molecule has 0 unspecified atom stereocenters. The van der Waals surface area contributed by atoms with E-state index >= 15 is 0 Å². The molecule has 122 valence electrons. The molecule has 0 saturated heterocycles. The summed E-state index contributed by atoms with van der Waals surface area (Å²) in [6.07, 6.45) is 0. The molecule has 11 heteroatoms. The maximum absolute atomic E-state index is 12.2. The number of hydrogen-bond donors (Lipinski definition) is 2. The van der Waals surface area contributed by atoms with Crippen molar-refractivity contribution in [3.05, 3.63) is 33.7 Å². The van der Waals surface area contributed by atoms with Crippen molar-refractivity contribution in [2.24, 2.45) is 0 Å². The summed E-state index contributed by atoms with van der Waals surface area (Å²) >= 11 is 1.87. The van der Waals surface area contributed by atoms with Crippen LogP contribution in [0.25, 0.3) is 0 Å². The van der Waals surface area contributed by atoms with Crippen LogP contribution >= 0.6 is 22.6 Å². The van der Waals surface area contributed by atoms with Crippen molar-refractivity contribution < 1.29 is 17.9 Å². The van der Waals surface area contributed by atoms with Gasteiger partial charge in [0.2, 0.25) is 5.95 Å². The Kier molecular flexibility index (Phi) is 5.30. The summed E-state index contributed by atoms with van der Waals surface area (Å²) in [7, 11) is -2.65. The Morgan fingerprint density at radius 1 is 1.22 bits per heavy atom. The van der Waals surface area contributed by atoms with Crippen molar-refractivity contribution in [1.29, 1.82) is 0 Å². The average molecular weight is 449 g/mol. The first-order valence-electron chi connectivity index (χ1n) is 6.17. The van der Waals surface area contributed by atoms with Crippen LogP contribution in [-0.4, -0.2) is 36.5 Å². The molecule has 23 heavy (non-hydrogen) atoms. The second kappa shape index (κ2) is 7.04. The molecule has 2 N–H and O–H groups in total. The van der Waals surface area contributed by atoms with Crippen LogP contribution in [0.3, 0.4) is 0 Å². The zero-order valence-corrected chi connectivity index (χ0v) is 15.0.